The summed E-state index contributed by atoms with van der Waals surface area (Å²) in [5, 5.41) is 8.59. The Hall–Kier alpha value is -2.49. The quantitative estimate of drug-likeness (QED) is 0.662. The Labute approximate surface area is 106 Å². The van der Waals surface area contributed by atoms with Crippen LogP contribution in [0.1, 0.15) is 10.4 Å². The van der Waals surface area contributed by atoms with E-state index in [1.165, 1.54) is 0 Å². The highest BCUT2D eigenvalue weighted by Crippen LogP contribution is 2.15. The largest absolute Gasteiger partial charge is 0.480 e. The van der Waals surface area contributed by atoms with Crippen LogP contribution < -0.4 is 0 Å². The van der Waals surface area contributed by atoms with Gasteiger partial charge in [0.25, 0.3) is 5.91 Å². The number of carboxylic acids is 1. The van der Waals surface area contributed by atoms with Crippen LogP contribution in [0.5, 0.6) is 0 Å². The first-order chi connectivity index (χ1) is 8.86. The molecule has 0 saturated heterocycles. The Balaban J connectivity index is 3.10. The van der Waals surface area contributed by atoms with Gasteiger partial charge in [0.1, 0.15) is 6.54 Å². The Morgan fingerprint density at radius 3 is 2.21 bits per heavy atom. The van der Waals surface area contributed by atoms with Crippen LogP contribution in [0.25, 0.3) is 0 Å². The molecule has 0 unspecified atom stereocenters. The van der Waals surface area contributed by atoms with Gasteiger partial charge in [0.15, 0.2) is 17.5 Å². The van der Waals surface area contributed by atoms with Gasteiger partial charge in [0.05, 0.1) is 6.54 Å². The molecule has 0 saturated carbocycles. The van der Waals surface area contributed by atoms with Crippen LogP contribution in [-0.4, -0.2) is 35.0 Å². The van der Waals surface area contributed by atoms with Crippen molar-refractivity contribution in [1.82, 2.24) is 4.90 Å². The first-order valence-corrected chi connectivity index (χ1v) is 4.96. The fourth-order valence-electron chi connectivity index (χ4n) is 1.33. The van der Waals surface area contributed by atoms with E-state index >= 15 is 0 Å². The Kier molecular flexibility index (Phi) is 4.53. The molecule has 1 N–H and O–H groups in total. The van der Waals surface area contributed by atoms with Crippen molar-refractivity contribution in [2.45, 2.75) is 0 Å². The van der Waals surface area contributed by atoms with E-state index in [4.69, 9.17) is 11.5 Å². The summed E-state index contributed by atoms with van der Waals surface area (Å²) >= 11 is 0. The second kappa shape index (κ2) is 5.91. The number of carbonyl (C=O) groups is 2. The maximum absolute atomic E-state index is 13.0. The van der Waals surface area contributed by atoms with Crippen molar-refractivity contribution in [3.8, 4) is 12.3 Å². The van der Waals surface area contributed by atoms with E-state index in [1.807, 2.05) is 5.92 Å². The van der Waals surface area contributed by atoms with Crippen LogP contribution in [-0.2, 0) is 4.79 Å². The lowest BCUT2D eigenvalue weighted by Gasteiger charge is -2.18. The molecule has 1 aromatic carbocycles. The minimum atomic E-state index is -1.71. The second-order valence-electron chi connectivity index (χ2n) is 3.51. The first-order valence-electron chi connectivity index (χ1n) is 4.96. The first kappa shape index (κ1) is 14.6. The van der Waals surface area contributed by atoms with Gasteiger partial charge in [0.2, 0.25) is 0 Å². The maximum atomic E-state index is 13.0. The molecule has 100 valence electrons. The van der Waals surface area contributed by atoms with Crippen molar-refractivity contribution in [2.24, 2.45) is 0 Å². The van der Waals surface area contributed by atoms with E-state index in [2.05, 4.69) is 0 Å². The molecule has 1 amide bonds. The van der Waals surface area contributed by atoms with Gasteiger partial charge in [-0.1, -0.05) is 5.92 Å². The van der Waals surface area contributed by atoms with Gasteiger partial charge >= 0.3 is 5.97 Å². The number of carboxylic acid groups (broad SMARTS) is 1. The minimum Gasteiger partial charge on any atom is -0.480 e. The molecule has 0 aromatic heterocycles. The van der Waals surface area contributed by atoms with Crippen molar-refractivity contribution in [1.29, 1.82) is 0 Å². The minimum absolute atomic E-state index is 0.355. The SMILES string of the molecule is C#CCN(CC(=O)O)C(=O)c1cc(F)c(F)c(F)c1. The van der Waals surface area contributed by atoms with Gasteiger partial charge < -0.3 is 10.0 Å². The number of hydrogen-bond acceptors (Lipinski definition) is 2. The lowest BCUT2D eigenvalue weighted by Crippen LogP contribution is -2.36. The van der Waals surface area contributed by atoms with Crippen molar-refractivity contribution in [3.05, 3.63) is 35.1 Å². The summed E-state index contributed by atoms with van der Waals surface area (Å²) in [4.78, 5) is 23.0. The summed E-state index contributed by atoms with van der Waals surface area (Å²) < 4.78 is 38.7. The molecule has 0 heterocycles. The molecule has 0 atom stereocenters. The molecule has 0 aliphatic heterocycles. The van der Waals surface area contributed by atoms with Gasteiger partial charge in [-0.3, -0.25) is 9.59 Å². The summed E-state index contributed by atoms with van der Waals surface area (Å²) in [5.74, 6) is -5.09. The third-order valence-electron chi connectivity index (χ3n) is 2.13. The number of rotatable bonds is 4. The molecule has 1 aromatic rings. The van der Waals surface area contributed by atoms with Crippen LogP contribution in [0.4, 0.5) is 13.2 Å². The Morgan fingerprint density at radius 2 is 1.79 bits per heavy atom. The van der Waals surface area contributed by atoms with Crippen molar-refractivity contribution in [2.75, 3.05) is 13.1 Å². The third kappa shape index (κ3) is 3.48. The zero-order valence-electron chi connectivity index (χ0n) is 9.49. The van der Waals surface area contributed by atoms with Gasteiger partial charge in [0, 0.05) is 5.56 Å². The number of terminal acetylenes is 1. The predicted molar refractivity (Wildman–Crippen MR) is 58.7 cm³/mol. The van der Waals surface area contributed by atoms with Crippen LogP contribution in [0, 0.1) is 29.8 Å². The van der Waals surface area contributed by atoms with E-state index in [-0.39, 0.29) is 6.54 Å². The molecular formula is C12H8F3NO3. The van der Waals surface area contributed by atoms with Gasteiger partial charge in [-0.25, -0.2) is 13.2 Å². The maximum Gasteiger partial charge on any atom is 0.323 e. The molecule has 4 nitrogen and oxygen atoms in total. The Bertz CT molecular complexity index is 543. The van der Waals surface area contributed by atoms with Crippen molar-refractivity contribution < 1.29 is 27.9 Å². The fraction of sp³-hybridized carbons (Fsp3) is 0.167. The van der Waals surface area contributed by atoms with E-state index in [0.717, 1.165) is 0 Å². The molecule has 1 rings (SSSR count). The number of carbonyl (C=O) groups excluding carboxylic acids is 1. The van der Waals surface area contributed by atoms with Crippen LogP contribution >= 0.6 is 0 Å². The predicted octanol–water partition coefficient (Wildman–Crippen LogP) is 1.26. The molecule has 0 radical (unpaired) electrons. The zero-order valence-corrected chi connectivity index (χ0v) is 9.49. The number of amides is 1. The number of halogens is 3. The molecule has 0 aliphatic rings. The molecular weight excluding hydrogens is 263 g/mol. The monoisotopic (exact) mass is 271 g/mol. The fourth-order valence-corrected chi connectivity index (χ4v) is 1.33. The highest BCUT2D eigenvalue weighted by atomic mass is 19.2. The number of hydrogen-bond donors (Lipinski definition) is 1. The summed E-state index contributed by atoms with van der Waals surface area (Å²) in [5.41, 5.74) is -0.520. The number of nitrogens with zero attached hydrogens (tertiary/aromatic N) is 1. The van der Waals surface area contributed by atoms with E-state index < -0.39 is 41.4 Å². The molecule has 7 heteroatoms. The van der Waals surface area contributed by atoms with Crippen LogP contribution in [0.3, 0.4) is 0 Å². The lowest BCUT2D eigenvalue weighted by atomic mass is 10.1. The summed E-state index contributed by atoms with van der Waals surface area (Å²) in [6.07, 6.45) is 4.96. The van der Waals surface area contributed by atoms with E-state index in [1.54, 1.807) is 0 Å². The standard InChI is InChI=1S/C12H8F3NO3/c1-2-3-16(6-10(17)18)12(19)7-4-8(13)11(15)9(14)5-7/h1,4-5H,3,6H2,(H,17,18). The average molecular weight is 271 g/mol. The van der Waals surface area contributed by atoms with Crippen LogP contribution in [0.2, 0.25) is 0 Å². The zero-order chi connectivity index (χ0) is 14.6. The van der Waals surface area contributed by atoms with E-state index in [9.17, 15) is 22.8 Å². The molecule has 0 spiro atoms. The second-order valence-corrected chi connectivity index (χ2v) is 3.51. The van der Waals surface area contributed by atoms with Gasteiger partial charge in [-0.15, -0.1) is 6.42 Å². The van der Waals surface area contributed by atoms with E-state index in [0.29, 0.717) is 17.0 Å². The number of aliphatic carboxylic acids is 1. The average Bonchev–Trinajstić information content (AvgIpc) is 2.33. The smallest absolute Gasteiger partial charge is 0.323 e. The lowest BCUT2D eigenvalue weighted by molar-refractivity contribution is -0.137. The number of benzene rings is 1. The Morgan fingerprint density at radius 1 is 1.26 bits per heavy atom. The summed E-state index contributed by atoms with van der Waals surface area (Å²) in [6, 6.07) is 0.957. The van der Waals surface area contributed by atoms with Crippen molar-refractivity contribution in [3.63, 3.8) is 0 Å². The normalized spacial score (nSPS) is 9.79. The highest BCUT2D eigenvalue weighted by molar-refractivity contribution is 5.96. The van der Waals surface area contributed by atoms with Crippen molar-refractivity contribution >= 4 is 11.9 Å². The molecule has 0 bridgehead atoms. The summed E-state index contributed by atoms with van der Waals surface area (Å²) in [6.45, 7) is -1.09. The molecule has 19 heavy (non-hydrogen) atoms. The van der Waals surface area contributed by atoms with Gasteiger partial charge in [-0.05, 0) is 12.1 Å². The third-order valence-corrected chi connectivity index (χ3v) is 2.13. The van der Waals surface area contributed by atoms with Crippen LogP contribution in [0.15, 0.2) is 12.1 Å². The molecule has 0 aliphatic carbocycles. The van der Waals surface area contributed by atoms with Gasteiger partial charge in [-0.2, -0.15) is 0 Å². The molecule has 0 fully saturated rings. The summed E-state index contributed by atoms with van der Waals surface area (Å²) in [7, 11) is 0. The topological polar surface area (TPSA) is 57.6 Å². The highest BCUT2D eigenvalue weighted by Gasteiger charge is 2.21.